The molecule has 0 aromatic heterocycles. The van der Waals surface area contributed by atoms with E-state index < -0.39 is 5.54 Å². The molecule has 4 heteroatoms. The van der Waals surface area contributed by atoms with Crippen molar-refractivity contribution in [3.8, 4) is 0 Å². The fraction of sp³-hybridized carbons (Fsp3) is 0.588. The first-order valence-electron chi connectivity index (χ1n) is 7.65. The van der Waals surface area contributed by atoms with Crippen molar-refractivity contribution in [1.82, 2.24) is 5.32 Å². The zero-order valence-corrected chi connectivity index (χ0v) is 13.5. The van der Waals surface area contributed by atoms with Crippen LogP contribution in [0.15, 0.2) is 24.3 Å². The molecule has 2 rings (SSSR count). The summed E-state index contributed by atoms with van der Waals surface area (Å²) in [7, 11) is 1.45. The summed E-state index contributed by atoms with van der Waals surface area (Å²) in [6.45, 7) is 7.62. The smallest absolute Gasteiger partial charge is 0.327 e. The maximum atomic E-state index is 12.2. The Kier molecular flexibility index (Phi) is 4.88. The monoisotopic (exact) mass is 290 g/mol. The van der Waals surface area contributed by atoms with Gasteiger partial charge in [0.25, 0.3) is 0 Å². The van der Waals surface area contributed by atoms with Gasteiger partial charge in [-0.05, 0) is 45.2 Å². The number of aryl methyl sites for hydroxylation is 1. The van der Waals surface area contributed by atoms with Gasteiger partial charge in [0.2, 0.25) is 0 Å². The van der Waals surface area contributed by atoms with Gasteiger partial charge in [-0.25, -0.2) is 4.79 Å². The summed E-state index contributed by atoms with van der Waals surface area (Å²) in [5.41, 5.74) is 1.90. The molecule has 0 saturated heterocycles. The summed E-state index contributed by atoms with van der Waals surface area (Å²) >= 11 is 0. The molecule has 0 saturated carbocycles. The summed E-state index contributed by atoms with van der Waals surface area (Å²) in [4.78, 5) is 14.5. The molecule has 1 atom stereocenters. The molecule has 0 bridgehead atoms. The lowest BCUT2D eigenvalue weighted by Crippen LogP contribution is -2.60. The van der Waals surface area contributed by atoms with Crippen molar-refractivity contribution in [2.24, 2.45) is 0 Å². The second kappa shape index (κ2) is 6.48. The highest BCUT2D eigenvalue weighted by Gasteiger charge is 2.37. The second-order valence-electron chi connectivity index (χ2n) is 6.28. The third-order valence-corrected chi connectivity index (χ3v) is 3.96. The lowest BCUT2D eigenvalue weighted by molar-refractivity contribution is -0.147. The molecule has 1 unspecified atom stereocenters. The van der Waals surface area contributed by atoms with Crippen molar-refractivity contribution in [2.75, 3.05) is 25.1 Å². The number of esters is 1. The normalized spacial score (nSPS) is 17.3. The quantitative estimate of drug-likeness (QED) is 0.845. The molecule has 0 radical (unpaired) electrons. The van der Waals surface area contributed by atoms with Crippen molar-refractivity contribution < 1.29 is 9.53 Å². The van der Waals surface area contributed by atoms with Crippen LogP contribution in [-0.2, 0) is 16.0 Å². The number of ether oxygens (including phenoxy) is 1. The van der Waals surface area contributed by atoms with Crippen molar-refractivity contribution in [1.29, 1.82) is 0 Å². The van der Waals surface area contributed by atoms with Crippen molar-refractivity contribution in [2.45, 2.75) is 45.2 Å². The van der Waals surface area contributed by atoms with Crippen molar-refractivity contribution in [3.05, 3.63) is 29.8 Å². The third kappa shape index (κ3) is 3.56. The maximum Gasteiger partial charge on any atom is 0.327 e. The zero-order valence-electron chi connectivity index (χ0n) is 13.5. The van der Waals surface area contributed by atoms with Gasteiger partial charge in [-0.2, -0.15) is 0 Å². The predicted octanol–water partition coefficient (Wildman–Crippen LogP) is 2.37. The topological polar surface area (TPSA) is 41.6 Å². The fourth-order valence-corrected chi connectivity index (χ4v) is 3.19. The Morgan fingerprint density at radius 1 is 1.43 bits per heavy atom. The van der Waals surface area contributed by atoms with Gasteiger partial charge in [-0.3, -0.25) is 5.32 Å². The maximum absolute atomic E-state index is 12.2. The average molecular weight is 290 g/mol. The summed E-state index contributed by atoms with van der Waals surface area (Å²) in [6, 6.07) is 8.67. The molecule has 0 spiro atoms. The molecule has 0 amide bonds. The number of anilines is 1. The molecule has 21 heavy (non-hydrogen) atoms. The number of nitrogens with zero attached hydrogens (tertiary/aromatic N) is 1. The van der Waals surface area contributed by atoms with E-state index in [-0.39, 0.29) is 12.0 Å². The van der Waals surface area contributed by atoms with Gasteiger partial charge in [0.15, 0.2) is 0 Å². The largest absolute Gasteiger partial charge is 0.468 e. The fourth-order valence-electron chi connectivity index (χ4n) is 3.19. The van der Waals surface area contributed by atoms with Gasteiger partial charge in [-0.1, -0.05) is 18.2 Å². The molecule has 1 N–H and O–H groups in total. The highest BCUT2D eigenvalue weighted by molar-refractivity contribution is 5.81. The molecule has 1 aromatic rings. The van der Waals surface area contributed by atoms with Gasteiger partial charge < -0.3 is 9.64 Å². The lowest BCUT2D eigenvalue weighted by atomic mass is 9.96. The highest BCUT2D eigenvalue weighted by Crippen LogP contribution is 2.28. The number of carbonyl (C=O) groups is 1. The van der Waals surface area contributed by atoms with E-state index in [0.29, 0.717) is 6.54 Å². The highest BCUT2D eigenvalue weighted by atomic mass is 16.5. The zero-order chi connectivity index (χ0) is 15.5. The van der Waals surface area contributed by atoms with Gasteiger partial charge >= 0.3 is 5.97 Å². The Balaban J connectivity index is 2.24. The van der Waals surface area contributed by atoms with Crippen LogP contribution in [0.3, 0.4) is 0 Å². The van der Waals surface area contributed by atoms with E-state index in [0.717, 1.165) is 19.4 Å². The van der Waals surface area contributed by atoms with Crippen LogP contribution in [0.4, 0.5) is 5.69 Å². The minimum absolute atomic E-state index is 0.209. The van der Waals surface area contributed by atoms with E-state index >= 15 is 0 Å². The number of fused-ring (bicyclic) bond motifs is 1. The molecule has 0 fully saturated rings. The Morgan fingerprint density at radius 3 is 2.81 bits per heavy atom. The SMILES string of the molecule is COC(=O)C(C)(CN1CCCc2ccccc21)NC(C)C. The third-order valence-electron chi connectivity index (χ3n) is 3.96. The summed E-state index contributed by atoms with van der Waals surface area (Å²) in [5.74, 6) is -0.209. The number of nitrogens with one attached hydrogen (secondary N) is 1. The molecule has 1 aliphatic rings. The van der Waals surface area contributed by atoms with Crippen LogP contribution in [0.2, 0.25) is 0 Å². The van der Waals surface area contributed by atoms with E-state index in [4.69, 9.17) is 4.74 Å². The number of benzene rings is 1. The van der Waals surface area contributed by atoms with Gasteiger partial charge in [0.05, 0.1) is 7.11 Å². The molecular weight excluding hydrogens is 264 g/mol. The van der Waals surface area contributed by atoms with Gasteiger partial charge in [0, 0.05) is 24.8 Å². The van der Waals surface area contributed by atoms with E-state index in [1.165, 1.54) is 18.4 Å². The number of rotatable bonds is 5. The lowest BCUT2D eigenvalue weighted by Gasteiger charge is -2.39. The Labute approximate surface area is 127 Å². The molecule has 1 heterocycles. The molecular formula is C17H26N2O2. The van der Waals surface area contributed by atoms with Crippen LogP contribution in [0, 0.1) is 0 Å². The first-order chi connectivity index (χ1) is 9.96. The summed E-state index contributed by atoms with van der Waals surface area (Å²) < 4.78 is 5.02. The van der Waals surface area contributed by atoms with Gasteiger partial charge in [-0.15, -0.1) is 0 Å². The van der Waals surface area contributed by atoms with E-state index in [1.54, 1.807) is 0 Å². The van der Waals surface area contributed by atoms with Gasteiger partial charge in [0.1, 0.15) is 5.54 Å². The van der Waals surface area contributed by atoms with Crippen LogP contribution in [0.25, 0.3) is 0 Å². The van der Waals surface area contributed by atoms with E-state index in [1.807, 2.05) is 20.8 Å². The van der Waals surface area contributed by atoms with Crippen LogP contribution in [-0.4, -0.2) is 37.7 Å². The second-order valence-corrected chi connectivity index (χ2v) is 6.28. The number of para-hydroxylation sites is 1. The molecule has 0 aliphatic carbocycles. The predicted molar refractivity (Wildman–Crippen MR) is 85.7 cm³/mol. The van der Waals surface area contributed by atoms with E-state index in [2.05, 4.69) is 34.5 Å². The number of carbonyl (C=O) groups excluding carboxylic acids is 1. The standard InChI is InChI=1S/C17H26N2O2/c1-13(2)18-17(3,16(20)21-4)12-19-11-7-9-14-8-5-6-10-15(14)19/h5-6,8,10,13,18H,7,9,11-12H2,1-4H3. The Morgan fingerprint density at radius 2 is 2.14 bits per heavy atom. The number of methoxy groups -OCH3 is 1. The number of hydrogen-bond donors (Lipinski definition) is 1. The molecule has 4 nitrogen and oxygen atoms in total. The van der Waals surface area contributed by atoms with Crippen LogP contribution >= 0.6 is 0 Å². The molecule has 116 valence electrons. The van der Waals surface area contributed by atoms with E-state index in [9.17, 15) is 4.79 Å². The number of hydrogen-bond acceptors (Lipinski definition) is 4. The van der Waals surface area contributed by atoms with Crippen LogP contribution in [0.1, 0.15) is 32.8 Å². The van der Waals surface area contributed by atoms with Crippen LogP contribution in [0.5, 0.6) is 0 Å². The minimum Gasteiger partial charge on any atom is -0.468 e. The first kappa shape index (κ1) is 15.8. The summed E-state index contributed by atoms with van der Waals surface area (Å²) in [6.07, 6.45) is 2.23. The average Bonchev–Trinajstić information content (AvgIpc) is 2.46. The van der Waals surface area contributed by atoms with Crippen molar-refractivity contribution >= 4 is 11.7 Å². The van der Waals surface area contributed by atoms with Crippen LogP contribution < -0.4 is 10.2 Å². The van der Waals surface area contributed by atoms with Crippen molar-refractivity contribution in [3.63, 3.8) is 0 Å². The Hall–Kier alpha value is -1.55. The molecule has 1 aromatic carbocycles. The Bertz CT molecular complexity index is 501. The summed E-state index contributed by atoms with van der Waals surface area (Å²) in [5, 5.41) is 3.37. The first-order valence-corrected chi connectivity index (χ1v) is 7.65. The minimum atomic E-state index is -0.701. The molecule has 1 aliphatic heterocycles.